The molecule has 1 amide bonds. The van der Waals surface area contributed by atoms with Crippen LogP contribution in [-0.2, 0) is 4.79 Å². The Kier molecular flexibility index (Phi) is 5.79. The molecular weight excluding hydrogens is 308 g/mol. The molecule has 1 aromatic rings. The van der Waals surface area contributed by atoms with Crippen LogP contribution < -0.4 is 0 Å². The average Bonchev–Trinajstić information content (AvgIpc) is 3.11. The van der Waals surface area contributed by atoms with E-state index in [0.717, 1.165) is 30.8 Å². The Bertz CT molecular complexity index is 518. The van der Waals surface area contributed by atoms with Crippen LogP contribution in [0.1, 0.15) is 36.4 Å². The van der Waals surface area contributed by atoms with E-state index in [1.165, 1.54) is 6.42 Å². The monoisotopic (exact) mass is 328 g/mol. The fraction of sp³-hybridized carbons (Fsp3) is 0.600. The van der Waals surface area contributed by atoms with Gasteiger partial charge in [0, 0.05) is 19.1 Å². The van der Waals surface area contributed by atoms with Crippen molar-refractivity contribution in [1.29, 1.82) is 0 Å². The van der Waals surface area contributed by atoms with Gasteiger partial charge in [-0.15, -0.1) is 11.3 Å². The minimum atomic E-state index is -0.449. The highest BCUT2D eigenvalue weighted by atomic mass is 35.5. The lowest BCUT2D eigenvalue weighted by Crippen LogP contribution is -2.45. The van der Waals surface area contributed by atoms with Crippen molar-refractivity contribution in [1.82, 2.24) is 9.80 Å². The first-order chi connectivity index (χ1) is 10.1. The molecule has 1 saturated heterocycles. The fourth-order valence-electron chi connectivity index (χ4n) is 2.81. The molecule has 1 aliphatic rings. The van der Waals surface area contributed by atoms with E-state index in [4.69, 9.17) is 11.6 Å². The van der Waals surface area contributed by atoms with Crippen molar-refractivity contribution in [2.45, 2.75) is 32.7 Å². The molecule has 1 fully saturated rings. The van der Waals surface area contributed by atoms with E-state index in [2.05, 4.69) is 11.8 Å². The summed E-state index contributed by atoms with van der Waals surface area (Å²) >= 11 is 6.99. The summed E-state index contributed by atoms with van der Waals surface area (Å²) in [7, 11) is 0. The Morgan fingerprint density at radius 3 is 2.76 bits per heavy atom. The van der Waals surface area contributed by atoms with Crippen molar-refractivity contribution < 1.29 is 9.59 Å². The van der Waals surface area contributed by atoms with Crippen LogP contribution in [0.15, 0.2) is 12.1 Å². The molecule has 0 saturated carbocycles. The van der Waals surface area contributed by atoms with Crippen molar-refractivity contribution >= 4 is 34.6 Å². The van der Waals surface area contributed by atoms with Crippen molar-refractivity contribution in [3.63, 3.8) is 0 Å². The van der Waals surface area contributed by atoms with E-state index in [9.17, 15) is 9.59 Å². The number of hydrogen-bond donors (Lipinski definition) is 0. The number of nitrogens with zero attached hydrogens (tertiary/aromatic N) is 2. The summed E-state index contributed by atoms with van der Waals surface area (Å²) in [4.78, 5) is 29.1. The maximum Gasteiger partial charge on any atom is 0.295 e. The van der Waals surface area contributed by atoms with Gasteiger partial charge in [0.05, 0.1) is 9.21 Å². The summed E-state index contributed by atoms with van der Waals surface area (Å²) < 4.78 is 0.530. The number of thiophene rings is 1. The van der Waals surface area contributed by atoms with E-state index in [-0.39, 0.29) is 0 Å². The first-order valence-corrected chi connectivity index (χ1v) is 8.59. The number of Topliss-reactive ketones (excluding diaryl/α,β-unsaturated/α-hetero) is 1. The largest absolute Gasteiger partial charge is 0.334 e. The zero-order valence-corrected chi connectivity index (χ0v) is 14.0. The Morgan fingerprint density at radius 1 is 1.43 bits per heavy atom. The first kappa shape index (κ1) is 16.5. The van der Waals surface area contributed by atoms with Crippen LogP contribution in [0.25, 0.3) is 0 Å². The molecule has 0 bridgehead atoms. The molecule has 2 rings (SSSR count). The van der Waals surface area contributed by atoms with Crippen molar-refractivity contribution in [3.8, 4) is 0 Å². The number of carbonyl (C=O) groups is 2. The number of hydrogen-bond acceptors (Lipinski definition) is 4. The third-order valence-electron chi connectivity index (χ3n) is 4.00. The van der Waals surface area contributed by atoms with Gasteiger partial charge in [0.15, 0.2) is 0 Å². The van der Waals surface area contributed by atoms with E-state index in [1.807, 2.05) is 6.92 Å². The maximum absolute atomic E-state index is 12.4. The summed E-state index contributed by atoms with van der Waals surface area (Å²) in [6.45, 7) is 7.31. The van der Waals surface area contributed by atoms with Gasteiger partial charge in [-0.25, -0.2) is 0 Å². The highest BCUT2D eigenvalue weighted by molar-refractivity contribution is 7.18. The molecule has 0 radical (unpaired) electrons. The van der Waals surface area contributed by atoms with Gasteiger partial charge in [-0.3, -0.25) is 14.5 Å². The van der Waals surface area contributed by atoms with Gasteiger partial charge in [0.2, 0.25) is 0 Å². The summed E-state index contributed by atoms with van der Waals surface area (Å²) in [6, 6.07) is 3.65. The third kappa shape index (κ3) is 3.84. The second-order valence-electron chi connectivity index (χ2n) is 5.20. The van der Waals surface area contributed by atoms with Gasteiger partial charge >= 0.3 is 0 Å². The molecule has 2 heterocycles. The smallest absolute Gasteiger partial charge is 0.295 e. The Labute approximate surface area is 134 Å². The van der Waals surface area contributed by atoms with Crippen LogP contribution in [0.5, 0.6) is 0 Å². The van der Waals surface area contributed by atoms with Gasteiger partial charge in [-0.1, -0.05) is 18.5 Å². The van der Waals surface area contributed by atoms with Crippen LogP contribution in [0.3, 0.4) is 0 Å². The second-order valence-corrected chi connectivity index (χ2v) is 6.92. The standard InChI is InChI=1S/C15H21ClN2O2S/c1-3-17-9-5-6-11(17)10-18(4-2)15(20)14(19)12-7-8-13(16)21-12/h7-8,11H,3-6,9-10H2,1-2H3. The molecule has 1 unspecified atom stereocenters. The number of rotatable bonds is 6. The molecule has 116 valence electrons. The average molecular weight is 329 g/mol. The first-order valence-electron chi connectivity index (χ1n) is 7.39. The molecule has 0 spiro atoms. The van der Waals surface area contributed by atoms with Crippen LogP contribution in [0.2, 0.25) is 4.34 Å². The van der Waals surface area contributed by atoms with Gasteiger partial charge in [-0.05, 0) is 45.0 Å². The summed E-state index contributed by atoms with van der Waals surface area (Å²) in [5.74, 6) is -0.867. The minimum absolute atomic E-state index is 0.374. The van der Waals surface area contributed by atoms with Crippen LogP contribution >= 0.6 is 22.9 Å². The normalized spacial score (nSPS) is 18.9. The van der Waals surface area contributed by atoms with Crippen molar-refractivity contribution in [2.24, 2.45) is 0 Å². The number of carbonyl (C=O) groups excluding carboxylic acids is 2. The van der Waals surface area contributed by atoms with E-state index in [1.54, 1.807) is 17.0 Å². The highest BCUT2D eigenvalue weighted by Gasteiger charge is 2.29. The van der Waals surface area contributed by atoms with E-state index < -0.39 is 11.7 Å². The van der Waals surface area contributed by atoms with Gasteiger partial charge in [-0.2, -0.15) is 0 Å². The van der Waals surface area contributed by atoms with Crippen LogP contribution in [0, 0.1) is 0 Å². The Balaban J connectivity index is 2.03. The molecule has 6 heteroatoms. The number of likely N-dealkylation sites (N-methyl/N-ethyl adjacent to an activating group) is 2. The molecule has 1 aromatic heterocycles. The SMILES string of the molecule is CCN(CC1CCCN1CC)C(=O)C(=O)c1ccc(Cl)s1. The quantitative estimate of drug-likeness (QED) is 0.595. The molecule has 4 nitrogen and oxygen atoms in total. The van der Waals surface area contributed by atoms with Gasteiger partial charge in [0.25, 0.3) is 11.7 Å². The summed E-state index contributed by atoms with van der Waals surface area (Å²) in [5.41, 5.74) is 0. The summed E-state index contributed by atoms with van der Waals surface area (Å²) in [6.07, 6.45) is 2.26. The van der Waals surface area contributed by atoms with Gasteiger partial charge in [0.1, 0.15) is 0 Å². The van der Waals surface area contributed by atoms with Crippen molar-refractivity contribution in [2.75, 3.05) is 26.2 Å². The highest BCUT2D eigenvalue weighted by Crippen LogP contribution is 2.23. The minimum Gasteiger partial charge on any atom is -0.334 e. The lowest BCUT2D eigenvalue weighted by Gasteiger charge is -2.29. The predicted octanol–water partition coefficient (Wildman–Crippen LogP) is 2.92. The van der Waals surface area contributed by atoms with E-state index in [0.29, 0.717) is 28.3 Å². The fourth-order valence-corrected chi connectivity index (χ4v) is 3.79. The number of halogens is 1. The molecular formula is C15H21ClN2O2S. The molecule has 1 aliphatic heterocycles. The topological polar surface area (TPSA) is 40.6 Å². The zero-order chi connectivity index (χ0) is 15.4. The maximum atomic E-state index is 12.4. The van der Waals surface area contributed by atoms with Crippen LogP contribution in [-0.4, -0.2) is 53.7 Å². The lowest BCUT2D eigenvalue weighted by atomic mass is 10.2. The Hall–Kier alpha value is -0.910. The molecule has 0 aliphatic carbocycles. The molecule has 21 heavy (non-hydrogen) atoms. The third-order valence-corrected chi connectivity index (χ3v) is 5.23. The zero-order valence-electron chi connectivity index (χ0n) is 12.5. The molecule has 0 N–H and O–H groups in total. The predicted molar refractivity (Wildman–Crippen MR) is 86.2 cm³/mol. The number of likely N-dealkylation sites (tertiary alicyclic amines) is 1. The molecule has 0 aromatic carbocycles. The number of amides is 1. The summed E-state index contributed by atoms with van der Waals surface area (Å²) in [5, 5.41) is 0. The number of ketones is 1. The Morgan fingerprint density at radius 2 is 2.19 bits per heavy atom. The second kappa shape index (κ2) is 7.38. The van der Waals surface area contributed by atoms with Crippen LogP contribution in [0.4, 0.5) is 0 Å². The molecule has 1 atom stereocenters. The van der Waals surface area contributed by atoms with Crippen molar-refractivity contribution in [3.05, 3.63) is 21.3 Å². The van der Waals surface area contributed by atoms with Gasteiger partial charge < -0.3 is 4.90 Å². The van der Waals surface area contributed by atoms with E-state index >= 15 is 0 Å². The lowest BCUT2D eigenvalue weighted by molar-refractivity contribution is -0.126.